The van der Waals surface area contributed by atoms with Crippen molar-refractivity contribution in [2.75, 3.05) is 31.6 Å². The topological polar surface area (TPSA) is 53.1 Å². The van der Waals surface area contributed by atoms with Crippen LogP contribution in [0.2, 0.25) is 0 Å². The molecule has 3 amide bonds. The number of carbonyl (C=O) groups excluding carboxylic acids is 2. The summed E-state index contributed by atoms with van der Waals surface area (Å²) in [4.78, 5) is 31.3. The minimum absolute atomic E-state index is 0.00532. The number of rotatable bonds is 3. The smallest absolute Gasteiger partial charge is 0.327 e. The standard InChI is InChI=1S/C19H25N3O3/c1-19-10-5-11-21(19)18(24)22(17(19)23)14-8-12-20(13-9-14)15-6-3-4-7-16(15)25-2/h3-4,6-7,14H,5,8-13H2,1-2H3/t19-/m0/s1. The third kappa shape index (κ3) is 2.38. The van der Waals surface area contributed by atoms with E-state index < -0.39 is 5.54 Å². The molecule has 1 aromatic carbocycles. The monoisotopic (exact) mass is 343 g/mol. The van der Waals surface area contributed by atoms with E-state index in [1.54, 1.807) is 16.9 Å². The van der Waals surface area contributed by atoms with Gasteiger partial charge in [0.15, 0.2) is 0 Å². The maximum atomic E-state index is 12.9. The molecule has 3 aliphatic heterocycles. The highest BCUT2D eigenvalue weighted by atomic mass is 16.5. The number of carbonyl (C=O) groups is 2. The molecule has 0 radical (unpaired) electrons. The van der Waals surface area contributed by atoms with Crippen LogP contribution in [0.25, 0.3) is 0 Å². The maximum absolute atomic E-state index is 12.9. The molecule has 0 N–H and O–H groups in total. The van der Waals surface area contributed by atoms with Gasteiger partial charge in [0.2, 0.25) is 0 Å². The van der Waals surface area contributed by atoms with Crippen LogP contribution in [0.3, 0.4) is 0 Å². The van der Waals surface area contributed by atoms with Crippen molar-refractivity contribution in [3.05, 3.63) is 24.3 Å². The fraction of sp³-hybridized carbons (Fsp3) is 0.579. The van der Waals surface area contributed by atoms with E-state index in [-0.39, 0.29) is 18.0 Å². The first-order chi connectivity index (χ1) is 12.1. The summed E-state index contributed by atoms with van der Waals surface area (Å²) in [6.07, 6.45) is 3.32. The number of piperidine rings is 1. The number of amides is 3. The van der Waals surface area contributed by atoms with Gasteiger partial charge in [0, 0.05) is 25.7 Å². The lowest BCUT2D eigenvalue weighted by Crippen LogP contribution is -2.49. The largest absolute Gasteiger partial charge is 0.495 e. The Morgan fingerprint density at radius 1 is 1.12 bits per heavy atom. The minimum Gasteiger partial charge on any atom is -0.495 e. The molecular weight excluding hydrogens is 318 g/mol. The molecule has 1 aromatic rings. The highest BCUT2D eigenvalue weighted by Crippen LogP contribution is 2.40. The van der Waals surface area contributed by atoms with E-state index in [1.807, 2.05) is 25.1 Å². The van der Waals surface area contributed by atoms with Gasteiger partial charge in [-0.1, -0.05) is 12.1 Å². The highest BCUT2D eigenvalue weighted by Gasteiger charge is 2.58. The van der Waals surface area contributed by atoms with Gasteiger partial charge in [0.25, 0.3) is 5.91 Å². The molecule has 6 nitrogen and oxygen atoms in total. The Morgan fingerprint density at radius 2 is 1.84 bits per heavy atom. The van der Waals surface area contributed by atoms with Crippen LogP contribution in [0.15, 0.2) is 24.3 Å². The van der Waals surface area contributed by atoms with Gasteiger partial charge in [-0.05, 0) is 44.7 Å². The molecule has 6 heteroatoms. The fourth-order valence-electron chi connectivity index (χ4n) is 4.55. The number of anilines is 1. The van der Waals surface area contributed by atoms with E-state index >= 15 is 0 Å². The van der Waals surface area contributed by atoms with Crippen molar-refractivity contribution in [2.24, 2.45) is 0 Å². The van der Waals surface area contributed by atoms with E-state index in [0.717, 1.165) is 50.2 Å². The first kappa shape index (κ1) is 16.2. The molecule has 0 aliphatic carbocycles. The van der Waals surface area contributed by atoms with Crippen LogP contribution in [-0.4, -0.2) is 60.1 Å². The second-order valence-electron chi connectivity index (χ2n) is 7.38. The highest BCUT2D eigenvalue weighted by molar-refractivity contribution is 6.07. The Labute approximate surface area is 148 Å². The number of hydrogen-bond donors (Lipinski definition) is 0. The Balaban J connectivity index is 1.48. The average molecular weight is 343 g/mol. The SMILES string of the molecule is COc1ccccc1N1CCC(N2C(=O)N3CCC[C@@]3(C)C2=O)CC1. The van der Waals surface area contributed by atoms with Crippen molar-refractivity contribution in [1.29, 1.82) is 0 Å². The van der Waals surface area contributed by atoms with Crippen LogP contribution in [0.5, 0.6) is 5.75 Å². The summed E-state index contributed by atoms with van der Waals surface area (Å²) in [5, 5.41) is 0. The van der Waals surface area contributed by atoms with E-state index in [0.29, 0.717) is 6.54 Å². The second-order valence-corrected chi connectivity index (χ2v) is 7.38. The molecule has 3 saturated heterocycles. The molecule has 3 aliphatic rings. The van der Waals surface area contributed by atoms with Crippen LogP contribution >= 0.6 is 0 Å². The van der Waals surface area contributed by atoms with Crippen molar-refractivity contribution in [2.45, 2.75) is 44.2 Å². The van der Waals surface area contributed by atoms with Crippen molar-refractivity contribution >= 4 is 17.6 Å². The Bertz CT molecular complexity index is 699. The number of hydrogen-bond acceptors (Lipinski definition) is 4. The van der Waals surface area contributed by atoms with E-state index in [9.17, 15) is 9.59 Å². The van der Waals surface area contributed by atoms with Gasteiger partial charge in [-0.3, -0.25) is 9.69 Å². The number of methoxy groups -OCH3 is 1. The maximum Gasteiger partial charge on any atom is 0.327 e. The normalized spacial score (nSPS) is 27.2. The molecule has 0 saturated carbocycles. The number of ether oxygens (including phenoxy) is 1. The van der Waals surface area contributed by atoms with Crippen LogP contribution in [-0.2, 0) is 4.79 Å². The first-order valence-corrected chi connectivity index (χ1v) is 9.09. The molecule has 134 valence electrons. The lowest BCUT2D eigenvalue weighted by molar-refractivity contribution is -0.133. The lowest BCUT2D eigenvalue weighted by Gasteiger charge is -2.37. The molecule has 0 spiro atoms. The van der Waals surface area contributed by atoms with Crippen molar-refractivity contribution in [3.63, 3.8) is 0 Å². The summed E-state index contributed by atoms with van der Waals surface area (Å²) in [7, 11) is 1.68. The van der Waals surface area contributed by atoms with E-state index in [4.69, 9.17) is 4.74 Å². The van der Waals surface area contributed by atoms with Crippen molar-refractivity contribution < 1.29 is 14.3 Å². The van der Waals surface area contributed by atoms with Gasteiger partial charge in [-0.25, -0.2) is 4.79 Å². The van der Waals surface area contributed by atoms with Crippen LogP contribution in [0.4, 0.5) is 10.5 Å². The van der Waals surface area contributed by atoms with Gasteiger partial charge in [0.05, 0.1) is 12.8 Å². The van der Waals surface area contributed by atoms with E-state index in [1.165, 1.54) is 0 Å². The predicted molar refractivity (Wildman–Crippen MR) is 94.8 cm³/mol. The molecule has 3 heterocycles. The molecule has 0 bridgehead atoms. The predicted octanol–water partition coefficient (Wildman–Crippen LogP) is 2.48. The molecule has 1 atom stereocenters. The van der Waals surface area contributed by atoms with Gasteiger partial charge < -0.3 is 14.5 Å². The Morgan fingerprint density at radius 3 is 2.52 bits per heavy atom. The summed E-state index contributed by atoms with van der Waals surface area (Å²) in [6.45, 7) is 4.26. The average Bonchev–Trinajstić information content (AvgIpc) is 3.12. The third-order valence-corrected chi connectivity index (χ3v) is 6.01. The van der Waals surface area contributed by atoms with Crippen molar-refractivity contribution in [3.8, 4) is 5.75 Å². The zero-order valence-corrected chi connectivity index (χ0v) is 14.9. The summed E-state index contributed by atoms with van der Waals surface area (Å²) in [5.74, 6) is 0.869. The number of imide groups is 1. The van der Waals surface area contributed by atoms with Crippen LogP contribution in [0, 0.1) is 0 Å². The zero-order valence-electron chi connectivity index (χ0n) is 14.9. The summed E-state index contributed by atoms with van der Waals surface area (Å²) in [6, 6.07) is 7.92. The third-order valence-electron chi connectivity index (χ3n) is 6.01. The lowest BCUT2D eigenvalue weighted by atomic mass is 9.97. The molecule has 25 heavy (non-hydrogen) atoms. The second kappa shape index (κ2) is 5.93. The Hall–Kier alpha value is -2.24. The van der Waals surface area contributed by atoms with Gasteiger partial charge >= 0.3 is 6.03 Å². The van der Waals surface area contributed by atoms with Crippen molar-refractivity contribution in [1.82, 2.24) is 9.80 Å². The number of para-hydroxylation sites is 2. The molecule has 0 unspecified atom stereocenters. The summed E-state index contributed by atoms with van der Waals surface area (Å²) >= 11 is 0. The number of urea groups is 1. The zero-order chi connectivity index (χ0) is 17.6. The first-order valence-electron chi connectivity index (χ1n) is 9.09. The summed E-state index contributed by atoms with van der Waals surface area (Å²) < 4.78 is 5.46. The van der Waals surface area contributed by atoms with E-state index in [2.05, 4.69) is 11.0 Å². The van der Waals surface area contributed by atoms with Crippen LogP contribution in [0.1, 0.15) is 32.6 Å². The van der Waals surface area contributed by atoms with Gasteiger partial charge in [0.1, 0.15) is 11.3 Å². The molecule has 4 rings (SSSR count). The number of benzene rings is 1. The Kier molecular flexibility index (Phi) is 3.85. The summed E-state index contributed by atoms with van der Waals surface area (Å²) in [5.41, 5.74) is 0.478. The number of nitrogens with zero attached hydrogens (tertiary/aromatic N) is 3. The number of fused-ring (bicyclic) bond motifs is 1. The molecule has 0 aromatic heterocycles. The van der Waals surface area contributed by atoms with Crippen LogP contribution < -0.4 is 9.64 Å². The van der Waals surface area contributed by atoms with Gasteiger partial charge in [-0.2, -0.15) is 0 Å². The molecular formula is C19H25N3O3. The molecule has 3 fully saturated rings. The fourth-order valence-corrected chi connectivity index (χ4v) is 4.55. The quantitative estimate of drug-likeness (QED) is 0.791. The minimum atomic E-state index is -0.600. The van der Waals surface area contributed by atoms with Gasteiger partial charge in [-0.15, -0.1) is 0 Å².